The molecule has 0 radical (unpaired) electrons. The first-order valence-corrected chi connectivity index (χ1v) is 9.75. The van der Waals surface area contributed by atoms with Gasteiger partial charge in [-0.3, -0.25) is 9.59 Å². The third-order valence-corrected chi connectivity index (χ3v) is 5.55. The molecule has 0 fully saturated rings. The first-order valence-electron chi connectivity index (χ1n) is 8.87. The van der Waals surface area contributed by atoms with Crippen LogP contribution in [0.2, 0.25) is 0 Å². The molecule has 1 aromatic heterocycles. The second-order valence-electron chi connectivity index (χ2n) is 6.52. The van der Waals surface area contributed by atoms with Crippen molar-refractivity contribution in [1.82, 2.24) is 5.32 Å². The highest BCUT2D eigenvalue weighted by Crippen LogP contribution is 2.34. The van der Waals surface area contributed by atoms with Crippen LogP contribution in [0.5, 0.6) is 0 Å². The second-order valence-corrected chi connectivity index (χ2v) is 7.71. The quantitative estimate of drug-likeness (QED) is 0.806. The van der Waals surface area contributed by atoms with Crippen LogP contribution in [-0.2, 0) is 16.1 Å². The van der Waals surface area contributed by atoms with E-state index in [4.69, 9.17) is 4.42 Å². The largest absolute Gasteiger partial charge is 0.467 e. The lowest BCUT2D eigenvalue weighted by Gasteiger charge is -2.22. The maximum atomic E-state index is 12.5. The molecule has 1 unspecified atom stereocenters. The minimum atomic E-state index is -0.278. The zero-order valence-electron chi connectivity index (χ0n) is 15.2. The van der Waals surface area contributed by atoms with E-state index >= 15 is 0 Å². The zero-order chi connectivity index (χ0) is 19.5. The van der Waals surface area contributed by atoms with Crippen LogP contribution in [0.4, 0.5) is 0 Å². The Morgan fingerprint density at radius 1 is 1.32 bits per heavy atom. The van der Waals surface area contributed by atoms with E-state index in [1.807, 2.05) is 43.3 Å². The Balaban J connectivity index is 1.49. The smallest absolute Gasteiger partial charge is 0.283 e. The van der Waals surface area contributed by atoms with Gasteiger partial charge in [0.2, 0.25) is 0 Å². The fraction of sp³-hybridized carbons (Fsp3) is 0.136. The maximum Gasteiger partial charge on any atom is 0.283 e. The summed E-state index contributed by atoms with van der Waals surface area (Å²) in [5.74, 6) is 0.172. The number of hydrogen-bond acceptors (Lipinski definition) is 4. The molecule has 0 saturated carbocycles. The summed E-state index contributed by atoms with van der Waals surface area (Å²) in [5.41, 5.74) is 3.18. The summed E-state index contributed by atoms with van der Waals surface area (Å²) in [6.45, 7) is 2.32. The van der Waals surface area contributed by atoms with Crippen LogP contribution >= 0.6 is 11.8 Å². The second kappa shape index (κ2) is 7.86. The van der Waals surface area contributed by atoms with Gasteiger partial charge in [-0.25, -0.2) is 4.99 Å². The maximum absolute atomic E-state index is 12.5. The van der Waals surface area contributed by atoms with Crippen molar-refractivity contribution in [3.63, 3.8) is 0 Å². The van der Waals surface area contributed by atoms with Gasteiger partial charge in [0.05, 0.1) is 28.7 Å². The number of amides is 2. The molecule has 140 valence electrons. The van der Waals surface area contributed by atoms with Gasteiger partial charge in [-0.15, -0.1) is 11.8 Å². The van der Waals surface area contributed by atoms with Gasteiger partial charge in [-0.05, 0) is 36.8 Å². The summed E-state index contributed by atoms with van der Waals surface area (Å²) in [7, 11) is 0. The van der Waals surface area contributed by atoms with E-state index in [1.54, 1.807) is 30.5 Å². The molecular weight excluding hydrogens is 372 g/mol. The topological polar surface area (TPSA) is 71.7 Å². The van der Waals surface area contributed by atoms with Gasteiger partial charge in [0.1, 0.15) is 5.76 Å². The minimum Gasteiger partial charge on any atom is -0.467 e. The van der Waals surface area contributed by atoms with E-state index in [9.17, 15) is 9.59 Å². The average molecular weight is 390 g/mol. The molecule has 1 aliphatic heterocycles. The van der Waals surface area contributed by atoms with E-state index in [0.717, 1.165) is 11.1 Å². The molecule has 2 amide bonds. The molecule has 6 heteroatoms. The van der Waals surface area contributed by atoms with Crippen molar-refractivity contribution < 1.29 is 14.0 Å². The van der Waals surface area contributed by atoms with Gasteiger partial charge in [0.15, 0.2) is 0 Å². The van der Waals surface area contributed by atoms with E-state index in [0.29, 0.717) is 28.5 Å². The zero-order valence-corrected chi connectivity index (χ0v) is 16.0. The molecule has 2 aliphatic rings. The third-order valence-electron chi connectivity index (χ3n) is 4.35. The Morgan fingerprint density at radius 2 is 2.21 bits per heavy atom. The number of nitrogens with one attached hydrogen (secondary N) is 1. The number of aryl methyl sites for hydroxylation is 1. The number of furan rings is 1. The highest BCUT2D eigenvalue weighted by molar-refractivity contribution is 8.05. The Bertz CT molecular complexity index is 1050. The third kappa shape index (κ3) is 4.07. The van der Waals surface area contributed by atoms with Gasteiger partial charge < -0.3 is 9.73 Å². The number of carbonyl (C=O) groups is 2. The Labute approximate surface area is 166 Å². The molecule has 0 saturated heterocycles. The number of thioether (sulfide) groups is 1. The molecule has 1 N–H and O–H groups in total. The number of fused-ring (bicyclic) bond motifs is 1. The predicted octanol–water partition coefficient (Wildman–Crippen LogP) is 3.82. The van der Waals surface area contributed by atoms with E-state index in [1.165, 1.54) is 11.8 Å². The van der Waals surface area contributed by atoms with Crippen LogP contribution in [0.3, 0.4) is 0 Å². The van der Waals surface area contributed by atoms with E-state index in [2.05, 4.69) is 10.3 Å². The molecule has 1 aromatic carbocycles. The fourth-order valence-electron chi connectivity index (χ4n) is 2.97. The van der Waals surface area contributed by atoms with Gasteiger partial charge in [0.25, 0.3) is 11.8 Å². The van der Waals surface area contributed by atoms with Crippen molar-refractivity contribution in [1.29, 1.82) is 0 Å². The molecule has 2 aromatic rings. The minimum absolute atomic E-state index is 0.0737. The van der Waals surface area contributed by atoms with Crippen molar-refractivity contribution in [3.05, 3.63) is 88.3 Å². The van der Waals surface area contributed by atoms with Crippen LogP contribution in [0, 0.1) is 6.92 Å². The Hall–Kier alpha value is -3.12. The number of carbonyl (C=O) groups excluding carboxylic acids is 2. The van der Waals surface area contributed by atoms with Crippen molar-refractivity contribution in [3.8, 4) is 0 Å². The number of nitrogens with zero attached hydrogens (tertiary/aromatic N) is 1. The number of aliphatic imine (C=N–C) groups is 1. The molecule has 0 spiro atoms. The molecule has 4 rings (SSSR count). The number of benzene rings is 1. The van der Waals surface area contributed by atoms with Crippen molar-refractivity contribution >= 4 is 35.4 Å². The average Bonchev–Trinajstić information content (AvgIpc) is 3.20. The first-order chi connectivity index (χ1) is 13.6. The lowest BCUT2D eigenvalue weighted by Crippen LogP contribution is -2.29. The Kier molecular flexibility index (Phi) is 5.12. The number of rotatable bonds is 4. The Morgan fingerprint density at radius 3 is 3.00 bits per heavy atom. The molecule has 5 nitrogen and oxygen atoms in total. The molecular formula is C22H18N2O3S. The molecule has 2 heterocycles. The summed E-state index contributed by atoms with van der Waals surface area (Å²) < 4.78 is 5.21. The lowest BCUT2D eigenvalue weighted by atomic mass is 10.0. The van der Waals surface area contributed by atoms with Crippen LogP contribution in [0.15, 0.2) is 80.8 Å². The fourth-order valence-corrected chi connectivity index (χ4v) is 3.99. The summed E-state index contributed by atoms with van der Waals surface area (Å²) in [6, 6.07) is 11.5. The standard InChI is InChI=1S/C22H18N2O3S/c1-14-4-2-5-15(10-14)11-20-22(26)24-18-12-16(7-8-19(18)28-20)21(25)23-13-17-6-3-9-27-17/h2-12,19H,13H2,1H3,(H,23,25)/b20-11+. The molecule has 0 bridgehead atoms. The van der Waals surface area contributed by atoms with Crippen LogP contribution in [-0.4, -0.2) is 22.8 Å². The molecule has 1 atom stereocenters. The predicted molar refractivity (Wildman–Crippen MR) is 111 cm³/mol. The SMILES string of the molecule is Cc1cccc(/C=C2/SC3C=CC(C(=O)NCc4ccco4)=CC3=NC2=O)c1. The van der Waals surface area contributed by atoms with Gasteiger partial charge in [0, 0.05) is 5.57 Å². The van der Waals surface area contributed by atoms with Crippen LogP contribution < -0.4 is 5.32 Å². The van der Waals surface area contributed by atoms with Gasteiger partial charge in [-0.1, -0.05) is 42.0 Å². The first kappa shape index (κ1) is 18.3. The van der Waals surface area contributed by atoms with Crippen molar-refractivity contribution in [2.75, 3.05) is 0 Å². The van der Waals surface area contributed by atoms with Crippen molar-refractivity contribution in [2.45, 2.75) is 18.7 Å². The summed E-state index contributed by atoms with van der Waals surface area (Å²) in [6.07, 6.45) is 8.78. The summed E-state index contributed by atoms with van der Waals surface area (Å²) in [4.78, 5) is 29.6. The van der Waals surface area contributed by atoms with E-state index < -0.39 is 0 Å². The summed E-state index contributed by atoms with van der Waals surface area (Å²) in [5, 5.41) is 2.72. The highest BCUT2D eigenvalue weighted by atomic mass is 32.2. The van der Waals surface area contributed by atoms with Crippen LogP contribution in [0.1, 0.15) is 16.9 Å². The monoisotopic (exact) mass is 390 g/mol. The molecule has 1 aliphatic carbocycles. The van der Waals surface area contributed by atoms with Gasteiger partial charge in [-0.2, -0.15) is 0 Å². The lowest BCUT2D eigenvalue weighted by molar-refractivity contribution is -0.117. The molecule has 28 heavy (non-hydrogen) atoms. The normalized spacial score (nSPS) is 19.8. The number of hydrogen-bond donors (Lipinski definition) is 1. The van der Waals surface area contributed by atoms with Crippen LogP contribution in [0.25, 0.3) is 6.08 Å². The summed E-state index contributed by atoms with van der Waals surface area (Å²) >= 11 is 1.45. The highest BCUT2D eigenvalue weighted by Gasteiger charge is 2.28. The van der Waals surface area contributed by atoms with Gasteiger partial charge >= 0.3 is 0 Å². The number of allylic oxidation sites excluding steroid dienone is 1. The van der Waals surface area contributed by atoms with E-state index in [-0.39, 0.29) is 17.1 Å². The van der Waals surface area contributed by atoms with Crippen molar-refractivity contribution in [2.24, 2.45) is 4.99 Å².